The van der Waals surface area contributed by atoms with E-state index < -0.39 is 43.4 Å². The first-order valence-corrected chi connectivity index (χ1v) is 32.1. The van der Waals surface area contributed by atoms with Gasteiger partial charge in [0.2, 0.25) is 0 Å². The van der Waals surface area contributed by atoms with Gasteiger partial charge < -0.3 is 39.4 Å². The van der Waals surface area contributed by atoms with Crippen molar-refractivity contribution in [1.82, 2.24) is 0 Å². The van der Waals surface area contributed by atoms with E-state index in [0.29, 0.717) is 13.0 Å². The van der Waals surface area contributed by atoms with Crippen molar-refractivity contribution in [2.75, 3.05) is 26.4 Å². The zero-order chi connectivity index (χ0) is 53.5. The Bertz CT molecular complexity index is 1240. The van der Waals surface area contributed by atoms with Crippen molar-refractivity contribution in [2.45, 2.75) is 346 Å². The molecule has 6 atom stereocenters. The Morgan fingerprint density at radius 2 is 0.784 bits per heavy atom. The molecule has 436 valence electrons. The van der Waals surface area contributed by atoms with Crippen LogP contribution in [0.3, 0.4) is 0 Å². The molecule has 0 amide bonds. The number of carbonyl (C=O) groups is 1. The Kier molecular flexibility index (Phi) is 53.4. The molecule has 0 aromatic carbocycles. The fourth-order valence-electron chi connectivity index (χ4n) is 10.1. The predicted octanol–water partition coefficient (Wildman–Crippen LogP) is 17.4. The predicted molar refractivity (Wildman–Crippen MR) is 312 cm³/mol. The number of rotatable bonds is 57. The van der Waals surface area contributed by atoms with E-state index in [1.807, 2.05) is 0 Å². The minimum atomic E-state index is -1.54. The van der Waals surface area contributed by atoms with E-state index >= 15 is 0 Å². The number of aliphatic hydroxyl groups excluding tert-OH is 4. The van der Waals surface area contributed by atoms with Crippen molar-refractivity contribution in [3.05, 3.63) is 36.5 Å². The molecule has 0 radical (unpaired) electrons. The van der Waals surface area contributed by atoms with Crippen LogP contribution in [-0.2, 0) is 23.7 Å². The fraction of sp³-hybridized carbons (Fsp3) is 0.892. The molecule has 0 aromatic heterocycles. The van der Waals surface area contributed by atoms with Crippen molar-refractivity contribution in [2.24, 2.45) is 0 Å². The topological polar surface area (TPSA) is 135 Å². The summed E-state index contributed by atoms with van der Waals surface area (Å²) in [5.41, 5.74) is 0. The van der Waals surface area contributed by atoms with E-state index in [1.165, 1.54) is 244 Å². The van der Waals surface area contributed by atoms with Crippen molar-refractivity contribution < 1.29 is 44.2 Å². The van der Waals surface area contributed by atoms with E-state index in [1.54, 1.807) is 0 Å². The Morgan fingerprint density at radius 1 is 0.432 bits per heavy atom. The van der Waals surface area contributed by atoms with E-state index in [2.05, 4.69) is 50.3 Å². The highest BCUT2D eigenvalue weighted by Gasteiger charge is 2.44. The van der Waals surface area contributed by atoms with Gasteiger partial charge in [0, 0.05) is 13.0 Å². The van der Waals surface area contributed by atoms with Crippen molar-refractivity contribution in [1.29, 1.82) is 0 Å². The molecule has 1 heterocycles. The fourth-order valence-corrected chi connectivity index (χ4v) is 10.1. The van der Waals surface area contributed by atoms with Crippen LogP contribution in [-0.4, -0.2) is 89.6 Å². The highest BCUT2D eigenvalue weighted by molar-refractivity contribution is 5.69. The van der Waals surface area contributed by atoms with E-state index in [0.717, 1.165) is 44.9 Å². The molecule has 0 aromatic rings. The van der Waals surface area contributed by atoms with Gasteiger partial charge in [-0.3, -0.25) is 4.79 Å². The number of hydrogen-bond acceptors (Lipinski definition) is 9. The largest absolute Gasteiger partial charge is 0.457 e. The Balaban J connectivity index is 2.11. The Morgan fingerprint density at radius 3 is 1.18 bits per heavy atom. The van der Waals surface area contributed by atoms with Crippen LogP contribution < -0.4 is 0 Å². The van der Waals surface area contributed by atoms with Gasteiger partial charge in [0.15, 0.2) is 6.29 Å². The molecular formula is C65H122O9. The second-order valence-corrected chi connectivity index (χ2v) is 22.2. The molecule has 1 aliphatic rings. The number of esters is 1. The zero-order valence-corrected chi connectivity index (χ0v) is 48.6. The monoisotopic (exact) mass is 1050 g/mol. The molecule has 74 heavy (non-hydrogen) atoms. The zero-order valence-electron chi connectivity index (χ0n) is 48.6. The standard InChI is InChI=1S/C65H122O9/c1-3-5-7-9-11-13-15-17-19-21-23-25-27-29-31-33-35-37-39-41-43-45-47-49-51-53-55-71-57-59(58-72-65-64(70)63(69)62(68)60(56-66)74-65)73-61(67)54-52-50-48-46-44-42-40-38-36-34-32-30-28-26-24-22-20-18-16-14-12-10-8-6-4-2/h15,17,21,23,27,29,59-60,62-66,68-70H,3-14,16,18-20,22,24-26,28,30-58H2,1-2H3/b17-15-,23-21-,29-27-. The maximum atomic E-state index is 12.9. The molecule has 9 heteroatoms. The molecule has 9 nitrogen and oxygen atoms in total. The number of carbonyl (C=O) groups excluding carboxylic acids is 1. The minimum absolute atomic E-state index is 0.111. The summed E-state index contributed by atoms with van der Waals surface area (Å²) in [6, 6.07) is 0. The van der Waals surface area contributed by atoms with Crippen LogP contribution in [0.2, 0.25) is 0 Å². The van der Waals surface area contributed by atoms with Gasteiger partial charge in [0.25, 0.3) is 0 Å². The third-order valence-electron chi connectivity index (χ3n) is 15.1. The van der Waals surface area contributed by atoms with E-state index in [4.69, 9.17) is 18.9 Å². The molecule has 0 bridgehead atoms. The number of aliphatic hydroxyl groups is 4. The molecule has 0 saturated carbocycles. The first-order valence-electron chi connectivity index (χ1n) is 32.1. The van der Waals surface area contributed by atoms with Crippen LogP contribution in [0.1, 0.15) is 309 Å². The highest BCUT2D eigenvalue weighted by atomic mass is 16.7. The molecule has 4 N–H and O–H groups in total. The summed E-state index contributed by atoms with van der Waals surface area (Å²) in [7, 11) is 0. The van der Waals surface area contributed by atoms with Gasteiger partial charge in [-0.2, -0.15) is 0 Å². The van der Waals surface area contributed by atoms with Gasteiger partial charge in [-0.05, 0) is 51.4 Å². The third-order valence-corrected chi connectivity index (χ3v) is 15.1. The van der Waals surface area contributed by atoms with Crippen molar-refractivity contribution >= 4 is 5.97 Å². The molecular weight excluding hydrogens is 925 g/mol. The van der Waals surface area contributed by atoms with Gasteiger partial charge in [-0.25, -0.2) is 0 Å². The molecule has 1 saturated heterocycles. The number of allylic oxidation sites excluding steroid dienone is 6. The first-order chi connectivity index (χ1) is 36.4. The van der Waals surface area contributed by atoms with Crippen LogP contribution in [0.4, 0.5) is 0 Å². The van der Waals surface area contributed by atoms with Gasteiger partial charge in [0.05, 0.1) is 19.8 Å². The summed E-state index contributed by atoms with van der Waals surface area (Å²) < 4.78 is 23.0. The number of unbranched alkanes of at least 4 members (excludes halogenated alkanes) is 40. The number of hydrogen-bond donors (Lipinski definition) is 4. The molecule has 1 fully saturated rings. The lowest BCUT2D eigenvalue weighted by Crippen LogP contribution is -2.59. The van der Waals surface area contributed by atoms with Crippen LogP contribution in [0, 0.1) is 0 Å². The van der Waals surface area contributed by atoms with Crippen molar-refractivity contribution in [3.63, 3.8) is 0 Å². The minimum Gasteiger partial charge on any atom is -0.457 e. The lowest BCUT2D eigenvalue weighted by atomic mass is 9.99. The smallest absolute Gasteiger partial charge is 0.306 e. The second-order valence-electron chi connectivity index (χ2n) is 22.2. The normalized spacial score (nSPS) is 18.7. The van der Waals surface area contributed by atoms with Gasteiger partial charge in [-0.1, -0.05) is 288 Å². The van der Waals surface area contributed by atoms with Gasteiger partial charge in [-0.15, -0.1) is 0 Å². The average Bonchev–Trinajstić information content (AvgIpc) is 3.40. The highest BCUT2D eigenvalue weighted by Crippen LogP contribution is 2.23. The summed E-state index contributed by atoms with van der Waals surface area (Å²) >= 11 is 0. The summed E-state index contributed by atoms with van der Waals surface area (Å²) in [5, 5.41) is 40.4. The molecule has 0 spiro atoms. The van der Waals surface area contributed by atoms with Gasteiger partial charge >= 0.3 is 5.97 Å². The van der Waals surface area contributed by atoms with Gasteiger partial charge in [0.1, 0.15) is 30.5 Å². The molecule has 1 rings (SSSR count). The summed E-state index contributed by atoms with van der Waals surface area (Å²) in [5.74, 6) is -0.307. The maximum Gasteiger partial charge on any atom is 0.306 e. The molecule has 0 aliphatic carbocycles. The lowest BCUT2D eigenvalue weighted by Gasteiger charge is -2.39. The van der Waals surface area contributed by atoms with E-state index in [-0.39, 0.29) is 19.2 Å². The quantitative estimate of drug-likeness (QED) is 0.0267. The molecule has 6 unspecified atom stereocenters. The third kappa shape index (κ3) is 45.4. The maximum absolute atomic E-state index is 12.9. The summed E-state index contributed by atoms with van der Waals surface area (Å²) in [6.07, 6.45) is 65.0. The Labute approximate surface area is 457 Å². The van der Waals surface area contributed by atoms with Crippen LogP contribution in [0.5, 0.6) is 0 Å². The van der Waals surface area contributed by atoms with Crippen molar-refractivity contribution in [3.8, 4) is 0 Å². The first kappa shape index (κ1) is 70.4. The molecule has 1 aliphatic heterocycles. The van der Waals surface area contributed by atoms with Crippen LogP contribution in [0.15, 0.2) is 36.5 Å². The van der Waals surface area contributed by atoms with Crippen LogP contribution >= 0.6 is 0 Å². The summed E-state index contributed by atoms with van der Waals surface area (Å²) in [4.78, 5) is 12.9. The second kappa shape index (κ2) is 56.1. The van der Waals surface area contributed by atoms with E-state index in [9.17, 15) is 25.2 Å². The SMILES string of the molecule is CCCCCCC/C=C\C/C=C\C/C=C\CCCCCCCCCCCCCOCC(COC1OC(CO)C(O)C(O)C1O)OC(=O)CCCCCCCCCCCCCCCCCCCCCCCCCCC. The average molecular weight is 1050 g/mol. The summed E-state index contributed by atoms with van der Waals surface area (Å²) in [6.45, 7) is 4.61. The van der Waals surface area contributed by atoms with Crippen LogP contribution in [0.25, 0.3) is 0 Å². The Hall–Kier alpha value is -1.59. The lowest BCUT2D eigenvalue weighted by molar-refractivity contribution is -0.305. The number of ether oxygens (including phenoxy) is 4.